The zero-order valence-electron chi connectivity index (χ0n) is 15.5. The van der Waals surface area contributed by atoms with Gasteiger partial charge in [0, 0.05) is 6.08 Å². The number of hydrogen-bond donors (Lipinski definition) is 1. The summed E-state index contributed by atoms with van der Waals surface area (Å²) in [6.07, 6.45) is 30.6. The fraction of sp³-hybridized carbons (Fsp3) is 0.591. The van der Waals surface area contributed by atoms with Gasteiger partial charge in [0.05, 0.1) is 0 Å². The average Bonchev–Trinajstić information content (AvgIpc) is 2.56. The monoisotopic (exact) mass is 332 g/mol. The van der Waals surface area contributed by atoms with Gasteiger partial charge in [-0.15, -0.1) is 0 Å². The predicted molar refractivity (Wildman–Crippen MR) is 105 cm³/mol. The van der Waals surface area contributed by atoms with Crippen molar-refractivity contribution in [2.45, 2.75) is 84.0 Å². The molecule has 0 spiro atoms. The molecule has 0 aliphatic rings. The van der Waals surface area contributed by atoms with Crippen molar-refractivity contribution in [3.8, 4) is 0 Å². The number of carbonyl (C=O) groups is 1. The van der Waals surface area contributed by atoms with Crippen molar-refractivity contribution < 1.29 is 9.90 Å². The van der Waals surface area contributed by atoms with Gasteiger partial charge in [-0.05, 0) is 51.4 Å². The maximum atomic E-state index is 10.3. The molecular weight excluding hydrogens is 296 g/mol. The van der Waals surface area contributed by atoms with Crippen molar-refractivity contribution in [3.63, 3.8) is 0 Å². The summed E-state index contributed by atoms with van der Waals surface area (Å²) >= 11 is 0. The van der Waals surface area contributed by atoms with Crippen LogP contribution in [0.15, 0.2) is 48.6 Å². The van der Waals surface area contributed by atoms with Crippen LogP contribution < -0.4 is 0 Å². The molecule has 0 aliphatic carbocycles. The highest BCUT2D eigenvalue weighted by molar-refractivity contribution is 5.79. The van der Waals surface area contributed by atoms with Gasteiger partial charge >= 0.3 is 5.97 Å². The van der Waals surface area contributed by atoms with Gasteiger partial charge in [0.15, 0.2) is 0 Å². The molecule has 0 rings (SSSR count). The lowest BCUT2D eigenvalue weighted by atomic mass is 10.1. The summed E-state index contributed by atoms with van der Waals surface area (Å²) < 4.78 is 0. The Morgan fingerprint density at radius 3 is 1.67 bits per heavy atom. The van der Waals surface area contributed by atoms with E-state index in [1.165, 1.54) is 70.3 Å². The standard InChI is InChI=1S/C22H36O2/c1-2-3-4-5-6-7-8-9-10-11-12-13-14-15-16-17-18-19-20-21-22(23)24/h6-7,14-15,17-18,20-21H,2-5,8-13,16,19H2,1H3,(H,23,24)/b7-6+,15-14+,18-17+,21-20+. The Morgan fingerprint density at radius 2 is 1.12 bits per heavy atom. The average molecular weight is 333 g/mol. The molecule has 24 heavy (non-hydrogen) atoms. The van der Waals surface area contributed by atoms with Gasteiger partial charge < -0.3 is 5.11 Å². The summed E-state index contributed by atoms with van der Waals surface area (Å²) in [5.74, 6) is -0.883. The van der Waals surface area contributed by atoms with Gasteiger partial charge in [-0.25, -0.2) is 4.79 Å². The number of unbranched alkanes of at least 4 members (excludes halogenated alkanes) is 8. The Kier molecular flexibility index (Phi) is 18.2. The van der Waals surface area contributed by atoms with Crippen LogP contribution in [0.25, 0.3) is 0 Å². The number of allylic oxidation sites excluding steroid dienone is 7. The van der Waals surface area contributed by atoms with E-state index in [1.807, 2.05) is 6.08 Å². The van der Waals surface area contributed by atoms with Crippen molar-refractivity contribution in [1.29, 1.82) is 0 Å². The van der Waals surface area contributed by atoms with E-state index in [1.54, 1.807) is 6.08 Å². The highest BCUT2D eigenvalue weighted by atomic mass is 16.4. The van der Waals surface area contributed by atoms with Gasteiger partial charge in [-0.3, -0.25) is 0 Å². The predicted octanol–water partition coefficient (Wildman–Crippen LogP) is 7.00. The first-order valence-corrected chi connectivity index (χ1v) is 9.61. The smallest absolute Gasteiger partial charge is 0.327 e. The minimum Gasteiger partial charge on any atom is -0.478 e. The van der Waals surface area contributed by atoms with Gasteiger partial charge in [-0.2, -0.15) is 0 Å². The molecule has 0 heterocycles. The van der Waals surface area contributed by atoms with Gasteiger partial charge in [0.25, 0.3) is 0 Å². The van der Waals surface area contributed by atoms with Gasteiger partial charge in [0.2, 0.25) is 0 Å². The van der Waals surface area contributed by atoms with E-state index in [0.29, 0.717) is 6.42 Å². The third-order valence-electron chi connectivity index (χ3n) is 3.77. The van der Waals surface area contributed by atoms with Crippen LogP contribution in [0.4, 0.5) is 0 Å². The number of carboxylic acids is 1. The first kappa shape index (κ1) is 22.4. The van der Waals surface area contributed by atoms with Crippen LogP contribution in [0.5, 0.6) is 0 Å². The Labute approximate surface area is 149 Å². The molecular formula is C22H36O2. The largest absolute Gasteiger partial charge is 0.478 e. The second-order valence-electron chi connectivity index (χ2n) is 6.11. The molecule has 0 amide bonds. The van der Waals surface area contributed by atoms with Crippen molar-refractivity contribution in [3.05, 3.63) is 48.6 Å². The molecule has 0 bridgehead atoms. The maximum Gasteiger partial charge on any atom is 0.327 e. The first-order valence-electron chi connectivity index (χ1n) is 9.61. The lowest BCUT2D eigenvalue weighted by Gasteiger charge is -1.97. The molecule has 2 nitrogen and oxygen atoms in total. The second kappa shape index (κ2) is 19.5. The van der Waals surface area contributed by atoms with E-state index >= 15 is 0 Å². The molecule has 0 saturated carbocycles. The number of hydrogen-bond acceptors (Lipinski definition) is 1. The zero-order chi connectivity index (χ0) is 17.7. The van der Waals surface area contributed by atoms with E-state index in [9.17, 15) is 4.79 Å². The van der Waals surface area contributed by atoms with Crippen molar-refractivity contribution in [1.82, 2.24) is 0 Å². The minimum absolute atomic E-state index is 0.688. The molecule has 1 N–H and O–H groups in total. The molecule has 0 atom stereocenters. The molecule has 2 heteroatoms. The number of carboxylic acid groups (broad SMARTS) is 1. The molecule has 0 aromatic rings. The molecule has 0 aliphatic heterocycles. The fourth-order valence-corrected chi connectivity index (χ4v) is 2.36. The summed E-state index contributed by atoms with van der Waals surface area (Å²) in [5.41, 5.74) is 0. The molecule has 0 aromatic carbocycles. The Balaban J connectivity index is 3.29. The van der Waals surface area contributed by atoms with Crippen LogP contribution in [0.2, 0.25) is 0 Å². The quantitative estimate of drug-likeness (QED) is 0.188. The molecule has 0 radical (unpaired) electrons. The SMILES string of the molecule is CCCCC/C=C/CCCCCC/C=C/C/C=C/C/C=C/C(=O)O. The third kappa shape index (κ3) is 20.4. The first-order chi connectivity index (χ1) is 11.8. The van der Waals surface area contributed by atoms with Crippen molar-refractivity contribution in [2.24, 2.45) is 0 Å². The van der Waals surface area contributed by atoms with Crippen molar-refractivity contribution in [2.75, 3.05) is 0 Å². The highest BCUT2D eigenvalue weighted by Crippen LogP contribution is 2.07. The van der Waals surface area contributed by atoms with E-state index in [4.69, 9.17) is 5.11 Å². The summed E-state index contributed by atoms with van der Waals surface area (Å²) in [4.78, 5) is 10.3. The fourth-order valence-electron chi connectivity index (χ4n) is 2.36. The van der Waals surface area contributed by atoms with Crippen LogP contribution in [0.1, 0.15) is 84.0 Å². The van der Waals surface area contributed by atoms with Crippen LogP contribution in [0.3, 0.4) is 0 Å². The van der Waals surface area contributed by atoms with Crippen LogP contribution in [-0.2, 0) is 4.79 Å². The Morgan fingerprint density at radius 1 is 0.667 bits per heavy atom. The summed E-state index contributed by atoms with van der Waals surface area (Å²) in [5, 5.41) is 8.43. The molecule has 136 valence electrons. The Bertz CT molecular complexity index is 389. The van der Waals surface area contributed by atoms with E-state index in [0.717, 1.165) is 6.42 Å². The second-order valence-corrected chi connectivity index (χ2v) is 6.11. The topological polar surface area (TPSA) is 37.3 Å². The normalized spacial score (nSPS) is 12.4. The van der Waals surface area contributed by atoms with E-state index in [-0.39, 0.29) is 0 Å². The van der Waals surface area contributed by atoms with Crippen molar-refractivity contribution >= 4 is 5.97 Å². The van der Waals surface area contributed by atoms with Crippen LogP contribution in [-0.4, -0.2) is 11.1 Å². The van der Waals surface area contributed by atoms with E-state index < -0.39 is 5.97 Å². The van der Waals surface area contributed by atoms with Gasteiger partial charge in [0.1, 0.15) is 0 Å². The maximum absolute atomic E-state index is 10.3. The van der Waals surface area contributed by atoms with Crippen LogP contribution in [0, 0.1) is 0 Å². The highest BCUT2D eigenvalue weighted by Gasteiger charge is 1.88. The third-order valence-corrected chi connectivity index (χ3v) is 3.77. The lowest BCUT2D eigenvalue weighted by Crippen LogP contribution is -1.84. The summed E-state index contributed by atoms with van der Waals surface area (Å²) in [6.45, 7) is 2.25. The van der Waals surface area contributed by atoms with Crippen LogP contribution >= 0.6 is 0 Å². The van der Waals surface area contributed by atoms with E-state index in [2.05, 4.69) is 37.3 Å². The number of rotatable bonds is 16. The zero-order valence-corrected chi connectivity index (χ0v) is 15.5. The lowest BCUT2D eigenvalue weighted by molar-refractivity contribution is -0.131. The summed E-state index contributed by atoms with van der Waals surface area (Å²) in [7, 11) is 0. The minimum atomic E-state index is -0.883. The molecule has 0 aromatic heterocycles. The molecule has 0 unspecified atom stereocenters. The van der Waals surface area contributed by atoms with Gasteiger partial charge in [-0.1, -0.05) is 75.1 Å². The molecule has 0 saturated heterocycles. The Hall–Kier alpha value is -1.57. The number of aliphatic carboxylic acids is 1. The summed E-state index contributed by atoms with van der Waals surface area (Å²) in [6, 6.07) is 0. The molecule has 0 fully saturated rings.